The largest absolute Gasteiger partial charge is 0.333 e. The third-order valence-electron chi connectivity index (χ3n) is 4.42. The van der Waals surface area contributed by atoms with Gasteiger partial charge in [-0.15, -0.1) is 10.2 Å². The second-order valence-electron chi connectivity index (χ2n) is 5.67. The minimum absolute atomic E-state index is 0.164. The van der Waals surface area contributed by atoms with Gasteiger partial charge in [-0.2, -0.15) is 0 Å². The standard InChI is InChI=1S/C13H21N5O/c14-7-10-2-1-3-11(6-10)13(19)17-4-5-18-9-15-16-12(18)8-17/h9-11H,1-8,14H2. The van der Waals surface area contributed by atoms with Crippen LogP contribution >= 0.6 is 0 Å². The summed E-state index contributed by atoms with van der Waals surface area (Å²) in [7, 11) is 0. The van der Waals surface area contributed by atoms with Gasteiger partial charge >= 0.3 is 0 Å². The normalized spacial score (nSPS) is 27.1. The van der Waals surface area contributed by atoms with E-state index in [1.807, 2.05) is 9.47 Å². The van der Waals surface area contributed by atoms with E-state index < -0.39 is 0 Å². The smallest absolute Gasteiger partial charge is 0.226 e. The summed E-state index contributed by atoms with van der Waals surface area (Å²) >= 11 is 0. The minimum atomic E-state index is 0.164. The van der Waals surface area contributed by atoms with E-state index in [0.717, 1.165) is 38.2 Å². The van der Waals surface area contributed by atoms with Crippen LogP contribution in [0, 0.1) is 11.8 Å². The van der Waals surface area contributed by atoms with Crippen molar-refractivity contribution in [3.05, 3.63) is 12.2 Å². The Morgan fingerprint density at radius 2 is 2.32 bits per heavy atom. The predicted molar refractivity (Wildman–Crippen MR) is 69.9 cm³/mol. The number of fused-ring (bicyclic) bond motifs is 1. The van der Waals surface area contributed by atoms with Gasteiger partial charge in [-0.25, -0.2) is 0 Å². The highest BCUT2D eigenvalue weighted by atomic mass is 16.2. The molecule has 1 fully saturated rings. The van der Waals surface area contributed by atoms with Crippen LogP contribution in [0.4, 0.5) is 0 Å². The molecule has 3 rings (SSSR count). The highest BCUT2D eigenvalue weighted by Gasteiger charge is 2.31. The lowest BCUT2D eigenvalue weighted by molar-refractivity contribution is -0.138. The Bertz CT molecular complexity index is 458. The molecule has 0 spiro atoms. The molecule has 6 heteroatoms. The van der Waals surface area contributed by atoms with Gasteiger partial charge in [0.1, 0.15) is 6.33 Å². The van der Waals surface area contributed by atoms with Crippen molar-refractivity contribution in [2.45, 2.75) is 38.8 Å². The first-order chi connectivity index (χ1) is 9.28. The lowest BCUT2D eigenvalue weighted by Gasteiger charge is -2.34. The Kier molecular flexibility index (Phi) is 3.50. The maximum Gasteiger partial charge on any atom is 0.226 e. The lowest BCUT2D eigenvalue weighted by Crippen LogP contribution is -2.43. The number of carbonyl (C=O) groups excluding carboxylic acids is 1. The van der Waals surface area contributed by atoms with E-state index in [0.29, 0.717) is 19.0 Å². The number of nitrogens with two attached hydrogens (primary N) is 1. The van der Waals surface area contributed by atoms with Gasteiger partial charge in [-0.3, -0.25) is 4.79 Å². The number of amides is 1. The molecule has 1 aliphatic heterocycles. The summed E-state index contributed by atoms with van der Waals surface area (Å²) in [5.41, 5.74) is 5.75. The summed E-state index contributed by atoms with van der Waals surface area (Å²) in [6, 6.07) is 0. The zero-order chi connectivity index (χ0) is 13.2. The first-order valence-corrected chi connectivity index (χ1v) is 7.13. The van der Waals surface area contributed by atoms with E-state index in [1.165, 1.54) is 6.42 Å². The summed E-state index contributed by atoms with van der Waals surface area (Å²) in [4.78, 5) is 14.5. The van der Waals surface area contributed by atoms with Crippen LogP contribution in [0.15, 0.2) is 6.33 Å². The molecule has 2 N–H and O–H groups in total. The molecule has 2 unspecified atom stereocenters. The topological polar surface area (TPSA) is 77.0 Å². The Balaban J connectivity index is 1.65. The summed E-state index contributed by atoms with van der Waals surface area (Å²) in [5.74, 6) is 1.87. The van der Waals surface area contributed by atoms with Crippen LogP contribution in [0.5, 0.6) is 0 Å². The van der Waals surface area contributed by atoms with Crippen molar-refractivity contribution in [2.24, 2.45) is 17.6 Å². The van der Waals surface area contributed by atoms with Crippen molar-refractivity contribution in [2.75, 3.05) is 13.1 Å². The van der Waals surface area contributed by atoms with E-state index in [4.69, 9.17) is 5.73 Å². The maximum absolute atomic E-state index is 12.6. The van der Waals surface area contributed by atoms with Crippen molar-refractivity contribution >= 4 is 5.91 Å². The maximum atomic E-state index is 12.6. The van der Waals surface area contributed by atoms with Gasteiger partial charge in [-0.1, -0.05) is 6.42 Å². The molecule has 1 aromatic heterocycles. The molecule has 2 heterocycles. The lowest BCUT2D eigenvalue weighted by atomic mass is 9.80. The molecule has 2 aliphatic rings. The number of aromatic nitrogens is 3. The van der Waals surface area contributed by atoms with Crippen LogP contribution in [-0.2, 0) is 17.9 Å². The zero-order valence-corrected chi connectivity index (χ0v) is 11.2. The molecule has 19 heavy (non-hydrogen) atoms. The second kappa shape index (κ2) is 5.28. The van der Waals surface area contributed by atoms with E-state index in [9.17, 15) is 4.79 Å². The molecule has 6 nitrogen and oxygen atoms in total. The fraction of sp³-hybridized carbons (Fsp3) is 0.769. The summed E-state index contributed by atoms with van der Waals surface area (Å²) in [5, 5.41) is 7.96. The van der Waals surface area contributed by atoms with Crippen LogP contribution in [0.2, 0.25) is 0 Å². The van der Waals surface area contributed by atoms with Gasteiger partial charge in [0.2, 0.25) is 5.91 Å². The molecule has 1 aromatic rings. The highest BCUT2D eigenvalue weighted by molar-refractivity contribution is 5.79. The molecule has 1 saturated carbocycles. The molecule has 0 radical (unpaired) electrons. The molecule has 1 amide bonds. The van der Waals surface area contributed by atoms with E-state index in [-0.39, 0.29) is 11.8 Å². The van der Waals surface area contributed by atoms with Gasteiger partial charge in [0.25, 0.3) is 0 Å². The van der Waals surface area contributed by atoms with Gasteiger partial charge in [0.15, 0.2) is 5.82 Å². The van der Waals surface area contributed by atoms with Gasteiger partial charge in [0, 0.05) is 19.0 Å². The number of carbonyl (C=O) groups is 1. The fourth-order valence-corrected chi connectivity index (χ4v) is 3.24. The SMILES string of the molecule is NCC1CCCC(C(=O)N2CCn3cnnc3C2)C1. The van der Waals surface area contributed by atoms with Crippen LogP contribution in [0.1, 0.15) is 31.5 Å². The predicted octanol–water partition coefficient (Wildman–Crippen LogP) is 0.385. The molecule has 1 aliphatic carbocycles. The summed E-state index contributed by atoms with van der Waals surface area (Å²) < 4.78 is 2.02. The van der Waals surface area contributed by atoms with Crippen molar-refractivity contribution in [3.63, 3.8) is 0 Å². The number of hydrogen-bond acceptors (Lipinski definition) is 4. The molecule has 0 saturated heterocycles. The number of hydrogen-bond donors (Lipinski definition) is 1. The first kappa shape index (κ1) is 12.6. The zero-order valence-electron chi connectivity index (χ0n) is 11.2. The Morgan fingerprint density at radius 1 is 1.42 bits per heavy atom. The van der Waals surface area contributed by atoms with Crippen molar-refractivity contribution < 1.29 is 4.79 Å². The monoisotopic (exact) mass is 263 g/mol. The molecule has 104 valence electrons. The van der Waals surface area contributed by atoms with Crippen molar-refractivity contribution in [1.29, 1.82) is 0 Å². The Morgan fingerprint density at radius 3 is 3.16 bits per heavy atom. The van der Waals surface area contributed by atoms with Gasteiger partial charge in [-0.05, 0) is 31.7 Å². The van der Waals surface area contributed by atoms with E-state index >= 15 is 0 Å². The van der Waals surface area contributed by atoms with Gasteiger partial charge in [0.05, 0.1) is 6.54 Å². The van der Waals surface area contributed by atoms with E-state index in [2.05, 4.69) is 10.2 Å². The van der Waals surface area contributed by atoms with Crippen molar-refractivity contribution in [1.82, 2.24) is 19.7 Å². The summed E-state index contributed by atoms with van der Waals surface area (Å²) in [6.45, 7) is 2.88. The quantitative estimate of drug-likeness (QED) is 0.837. The fourth-order valence-electron chi connectivity index (χ4n) is 3.24. The molecular formula is C13H21N5O. The molecule has 0 aromatic carbocycles. The third-order valence-corrected chi connectivity index (χ3v) is 4.42. The van der Waals surface area contributed by atoms with Crippen molar-refractivity contribution in [3.8, 4) is 0 Å². The van der Waals surface area contributed by atoms with E-state index in [1.54, 1.807) is 6.33 Å². The minimum Gasteiger partial charge on any atom is -0.333 e. The Labute approximate surface area is 113 Å². The average molecular weight is 263 g/mol. The molecule has 2 atom stereocenters. The van der Waals surface area contributed by atoms with Crippen LogP contribution < -0.4 is 5.73 Å². The second-order valence-corrected chi connectivity index (χ2v) is 5.67. The highest BCUT2D eigenvalue weighted by Crippen LogP contribution is 2.30. The molecular weight excluding hydrogens is 242 g/mol. The number of nitrogens with zero attached hydrogens (tertiary/aromatic N) is 4. The first-order valence-electron chi connectivity index (χ1n) is 7.13. The Hall–Kier alpha value is -1.43. The summed E-state index contributed by atoms with van der Waals surface area (Å²) in [6.07, 6.45) is 6.01. The van der Waals surface area contributed by atoms with Crippen LogP contribution in [-0.4, -0.2) is 38.7 Å². The molecule has 0 bridgehead atoms. The average Bonchev–Trinajstić information content (AvgIpc) is 2.94. The van der Waals surface area contributed by atoms with Crippen LogP contribution in [0.3, 0.4) is 0 Å². The van der Waals surface area contributed by atoms with Gasteiger partial charge < -0.3 is 15.2 Å². The number of rotatable bonds is 2. The third kappa shape index (κ3) is 2.49. The van der Waals surface area contributed by atoms with Crippen LogP contribution in [0.25, 0.3) is 0 Å².